The Morgan fingerprint density at radius 2 is 1.62 bits per heavy atom. The van der Waals surface area contributed by atoms with Crippen molar-refractivity contribution in [3.63, 3.8) is 0 Å². The summed E-state index contributed by atoms with van der Waals surface area (Å²) in [6, 6.07) is 15.6. The maximum Gasteiger partial charge on any atom is 0.341 e. The summed E-state index contributed by atoms with van der Waals surface area (Å²) in [7, 11) is 0. The zero-order chi connectivity index (χ0) is 17.3. The Bertz CT molecular complexity index is 957. The zero-order valence-electron chi connectivity index (χ0n) is 12.9. The SMILES string of the molecule is Cc1c(-c2ccccc2)n(-c2ccc(O)cc2)cc(C(=O)O)c1=O. The van der Waals surface area contributed by atoms with Gasteiger partial charge in [0.1, 0.15) is 11.3 Å². The molecule has 0 aliphatic heterocycles. The van der Waals surface area contributed by atoms with Crippen LogP contribution in [-0.2, 0) is 0 Å². The van der Waals surface area contributed by atoms with Gasteiger partial charge < -0.3 is 14.8 Å². The minimum Gasteiger partial charge on any atom is -0.508 e. The summed E-state index contributed by atoms with van der Waals surface area (Å²) in [4.78, 5) is 23.8. The molecule has 120 valence electrons. The minimum absolute atomic E-state index is 0.108. The molecule has 0 saturated carbocycles. The van der Waals surface area contributed by atoms with Gasteiger partial charge >= 0.3 is 5.97 Å². The molecule has 0 bridgehead atoms. The third-order valence-corrected chi connectivity index (χ3v) is 3.85. The van der Waals surface area contributed by atoms with E-state index in [2.05, 4.69) is 0 Å². The van der Waals surface area contributed by atoms with Gasteiger partial charge in [-0.15, -0.1) is 0 Å². The Morgan fingerprint density at radius 1 is 1.00 bits per heavy atom. The molecule has 0 unspecified atom stereocenters. The summed E-state index contributed by atoms with van der Waals surface area (Å²) in [5, 5.41) is 18.8. The van der Waals surface area contributed by atoms with Gasteiger partial charge in [0.05, 0.1) is 5.69 Å². The maximum absolute atomic E-state index is 12.4. The molecule has 3 aromatic rings. The Morgan fingerprint density at radius 3 is 2.21 bits per heavy atom. The highest BCUT2D eigenvalue weighted by molar-refractivity contribution is 5.88. The first-order valence-electron chi connectivity index (χ1n) is 7.33. The van der Waals surface area contributed by atoms with Crippen molar-refractivity contribution < 1.29 is 15.0 Å². The normalized spacial score (nSPS) is 10.5. The van der Waals surface area contributed by atoms with Crippen molar-refractivity contribution >= 4 is 5.97 Å². The highest BCUT2D eigenvalue weighted by Crippen LogP contribution is 2.26. The summed E-state index contributed by atoms with van der Waals surface area (Å²) < 4.78 is 1.66. The van der Waals surface area contributed by atoms with Crippen LogP contribution in [-0.4, -0.2) is 20.7 Å². The number of carboxylic acids is 1. The average molecular weight is 321 g/mol. The van der Waals surface area contributed by atoms with E-state index in [9.17, 15) is 19.8 Å². The zero-order valence-corrected chi connectivity index (χ0v) is 12.9. The molecule has 0 atom stereocenters. The van der Waals surface area contributed by atoms with Crippen LogP contribution in [0.15, 0.2) is 65.6 Å². The molecule has 0 amide bonds. The predicted octanol–water partition coefficient (Wildman–Crippen LogP) is 3.22. The number of carbonyl (C=O) groups is 1. The monoisotopic (exact) mass is 321 g/mol. The third-order valence-electron chi connectivity index (χ3n) is 3.85. The molecular weight excluding hydrogens is 306 g/mol. The topological polar surface area (TPSA) is 79.5 Å². The largest absolute Gasteiger partial charge is 0.508 e. The highest BCUT2D eigenvalue weighted by Gasteiger charge is 2.18. The van der Waals surface area contributed by atoms with E-state index in [0.717, 1.165) is 5.56 Å². The minimum atomic E-state index is -1.27. The number of aromatic nitrogens is 1. The van der Waals surface area contributed by atoms with Gasteiger partial charge in [0.25, 0.3) is 0 Å². The van der Waals surface area contributed by atoms with E-state index in [1.807, 2.05) is 30.3 Å². The number of nitrogens with zero attached hydrogens (tertiary/aromatic N) is 1. The molecule has 5 nitrogen and oxygen atoms in total. The highest BCUT2D eigenvalue weighted by atomic mass is 16.4. The standard InChI is InChI=1S/C19H15NO4/c1-12-17(13-5-3-2-4-6-13)20(11-16(18(12)22)19(23)24)14-7-9-15(21)10-8-14/h2-11,21H,1H3,(H,23,24). The molecule has 1 aromatic heterocycles. The first-order valence-corrected chi connectivity index (χ1v) is 7.33. The molecule has 2 N–H and O–H groups in total. The van der Waals surface area contributed by atoms with Crippen LogP contribution >= 0.6 is 0 Å². The second-order valence-corrected chi connectivity index (χ2v) is 5.40. The van der Waals surface area contributed by atoms with Gasteiger partial charge in [-0.05, 0) is 36.8 Å². The van der Waals surface area contributed by atoms with E-state index >= 15 is 0 Å². The van der Waals surface area contributed by atoms with Crippen molar-refractivity contribution in [3.8, 4) is 22.7 Å². The van der Waals surface area contributed by atoms with Crippen molar-refractivity contribution in [2.45, 2.75) is 6.92 Å². The summed E-state index contributed by atoms with van der Waals surface area (Å²) in [6.45, 7) is 1.62. The Hall–Kier alpha value is -3.34. The summed E-state index contributed by atoms with van der Waals surface area (Å²) in [6.07, 6.45) is 1.33. The molecule has 0 aliphatic rings. The van der Waals surface area contributed by atoms with Gasteiger partial charge in [0, 0.05) is 17.4 Å². The van der Waals surface area contributed by atoms with E-state index in [0.29, 0.717) is 16.9 Å². The van der Waals surface area contributed by atoms with E-state index in [4.69, 9.17) is 0 Å². The number of rotatable bonds is 3. The van der Waals surface area contributed by atoms with Gasteiger partial charge in [-0.1, -0.05) is 30.3 Å². The molecule has 0 saturated heterocycles. The average Bonchev–Trinajstić information content (AvgIpc) is 2.58. The molecule has 3 rings (SSSR count). The van der Waals surface area contributed by atoms with E-state index in [1.165, 1.54) is 18.3 Å². The number of phenolic OH excluding ortho intramolecular Hbond substituents is 1. The van der Waals surface area contributed by atoms with Gasteiger partial charge in [-0.2, -0.15) is 0 Å². The van der Waals surface area contributed by atoms with Gasteiger partial charge in [-0.3, -0.25) is 4.79 Å². The fraction of sp³-hybridized carbons (Fsp3) is 0.0526. The first-order chi connectivity index (χ1) is 11.5. The van der Waals surface area contributed by atoms with Crippen LogP contribution < -0.4 is 5.43 Å². The summed E-state index contributed by atoms with van der Waals surface area (Å²) in [5.41, 5.74) is 1.64. The van der Waals surface area contributed by atoms with Gasteiger partial charge in [-0.25, -0.2) is 4.79 Å². The Labute approximate surface area is 138 Å². The number of phenols is 1. The molecular formula is C19H15NO4. The van der Waals surface area contributed by atoms with E-state index in [1.54, 1.807) is 23.6 Å². The molecule has 2 aromatic carbocycles. The van der Waals surface area contributed by atoms with Crippen molar-refractivity contribution in [2.24, 2.45) is 0 Å². The van der Waals surface area contributed by atoms with Crippen LogP contribution in [0, 0.1) is 6.92 Å². The fourth-order valence-electron chi connectivity index (χ4n) is 2.66. The van der Waals surface area contributed by atoms with E-state index < -0.39 is 11.4 Å². The smallest absolute Gasteiger partial charge is 0.341 e. The number of benzene rings is 2. The number of pyridine rings is 1. The molecule has 5 heteroatoms. The molecule has 0 aliphatic carbocycles. The molecule has 1 heterocycles. The third kappa shape index (κ3) is 2.67. The van der Waals surface area contributed by atoms with Crippen LogP contribution in [0.1, 0.15) is 15.9 Å². The van der Waals surface area contributed by atoms with E-state index in [-0.39, 0.29) is 11.3 Å². The lowest BCUT2D eigenvalue weighted by molar-refractivity contribution is 0.0694. The predicted molar refractivity (Wildman–Crippen MR) is 90.8 cm³/mol. The lowest BCUT2D eigenvalue weighted by Gasteiger charge is -2.17. The summed E-state index contributed by atoms with van der Waals surface area (Å²) >= 11 is 0. The van der Waals surface area contributed by atoms with Crippen LogP contribution in [0.3, 0.4) is 0 Å². The van der Waals surface area contributed by atoms with Gasteiger partial charge in [0.2, 0.25) is 0 Å². The molecule has 24 heavy (non-hydrogen) atoms. The maximum atomic E-state index is 12.4. The number of aromatic hydroxyl groups is 1. The van der Waals surface area contributed by atoms with Crippen LogP contribution in [0.4, 0.5) is 0 Å². The Balaban J connectivity index is 2.38. The van der Waals surface area contributed by atoms with Crippen molar-refractivity contribution in [3.05, 3.63) is 82.1 Å². The van der Waals surface area contributed by atoms with Crippen LogP contribution in [0.2, 0.25) is 0 Å². The van der Waals surface area contributed by atoms with Crippen LogP contribution in [0.25, 0.3) is 16.9 Å². The number of carboxylic acid groups (broad SMARTS) is 1. The molecule has 0 spiro atoms. The van der Waals surface area contributed by atoms with Crippen molar-refractivity contribution in [1.82, 2.24) is 4.57 Å². The number of aromatic carboxylic acids is 1. The second kappa shape index (κ2) is 6.04. The number of hydrogen-bond donors (Lipinski definition) is 2. The first kappa shape index (κ1) is 15.6. The summed E-state index contributed by atoms with van der Waals surface area (Å²) in [5.74, 6) is -1.16. The quantitative estimate of drug-likeness (QED) is 0.776. The van der Waals surface area contributed by atoms with Crippen molar-refractivity contribution in [2.75, 3.05) is 0 Å². The second-order valence-electron chi connectivity index (χ2n) is 5.40. The van der Waals surface area contributed by atoms with Crippen LogP contribution in [0.5, 0.6) is 5.75 Å². The Kier molecular flexibility index (Phi) is 3.92. The van der Waals surface area contributed by atoms with Crippen molar-refractivity contribution in [1.29, 1.82) is 0 Å². The molecule has 0 fully saturated rings. The number of hydrogen-bond acceptors (Lipinski definition) is 3. The lowest BCUT2D eigenvalue weighted by atomic mass is 10.0. The molecule has 0 radical (unpaired) electrons. The fourth-order valence-corrected chi connectivity index (χ4v) is 2.66. The lowest BCUT2D eigenvalue weighted by Crippen LogP contribution is -2.21. The van der Waals surface area contributed by atoms with Gasteiger partial charge in [0.15, 0.2) is 5.43 Å².